The number of hydrogen-bond acceptors (Lipinski definition) is 2. The van der Waals surface area contributed by atoms with Crippen molar-refractivity contribution < 1.29 is 13.9 Å². The van der Waals surface area contributed by atoms with Gasteiger partial charge in [-0.05, 0) is 37.3 Å². The number of rotatable bonds is 4. The van der Waals surface area contributed by atoms with Crippen LogP contribution in [0.3, 0.4) is 0 Å². The number of nitrogens with one attached hydrogen (secondary N) is 1. The molecule has 2 aromatic carbocycles. The third kappa shape index (κ3) is 3.71. The molecule has 0 bridgehead atoms. The molecule has 1 amide bonds. The minimum atomic E-state index is -0.752. The highest BCUT2D eigenvalue weighted by molar-refractivity contribution is 6.32. The van der Waals surface area contributed by atoms with Gasteiger partial charge >= 0.3 is 0 Å². The summed E-state index contributed by atoms with van der Waals surface area (Å²) >= 11 is 5.95. The highest BCUT2D eigenvalue weighted by Gasteiger charge is 2.16. The number of halogens is 2. The van der Waals surface area contributed by atoms with E-state index >= 15 is 0 Å². The van der Waals surface area contributed by atoms with Gasteiger partial charge in [-0.15, -0.1) is 0 Å². The summed E-state index contributed by atoms with van der Waals surface area (Å²) in [7, 11) is 0. The Morgan fingerprint density at radius 2 is 2.00 bits per heavy atom. The van der Waals surface area contributed by atoms with Crippen LogP contribution < -0.4 is 10.1 Å². The van der Waals surface area contributed by atoms with E-state index in [4.69, 9.17) is 16.3 Å². The molecule has 0 spiro atoms. The third-order valence-electron chi connectivity index (χ3n) is 2.60. The number of benzene rings is 2. The molecule has 0 aliphatic rings. The zero-order chi connectivity index (χ0) is 14.5. The Hall–Kier alpha value is -2.07. The molecule has 5 heteroatoms. The lowest BCUT2D eigenvalue weighted by atomic mass is 10.3. The first-order chi connectivity index (χ1) is 9.56. The zero-order valence-corrected chi connectivity index (χ0v) is 11.5. The molecule has 0 fully saturated rings. The van der Waals surface area contributed by atoms with Crippen molar-refractivity contribution in [3.05, 3.63) is 59.4 Å². The SMILES string of the molecule is C[C@@H](Oc1ccccc1Cl)C(=O)Nc1cccc(F)c1. The molecule has 0 aliphatic carbocycles. The lowest BCUT2D eigenvalue weighted by Gasteiger charge is -2.15. The van der Waals surface area contributed by atoms with Crippen molar-refractivity contribution in [2.75, 3.05) is 5.32 Å². The van der Waals surface area contributed by atoms with E-state index in [1.54, 1.807) is 37.3 Å². The van der Waals surface area contributed by atoms with E-state index in [9.17, 15) is 9.18 Å². The lowest BCUT2D eigenvalue weighted by molar-refractivity contribution is -0.122. The van der Waals surface area contributed by atoms with Crippen molar-refractivity contribution in [3.8, 4) is 5.75 Å². The van der Waals surface area contributed by atoms with Crippen molar-refractivity contribution in [1.29, 1.82) is 0 Å². The highest BCUT2D eigenvalue weighted by atomic mass is 35.5. The number of para-hydroxylation sites is 1. The van der Waals surface area contributed by atoms with E-state index in [0.29, 0.717) is 16.5 Å². The fourth-order valence-corrected chi connectivity index (χ4v) is 1.77. The summed E-state index contributed by atoms with van der Waals surface area (Å²) in [6.07, 6.45) is -0.752. The smallest absolute Gasteiger partial charge is 0.265 e. The van der Waals surface area contributed by atoms with Crippen molar-refractivity contribution in [2.45, 2.75) is 13.0 Å². The quantitative estimate of drug-likeness (QED) is 0.929. The summed E-state index contributed by atoms with van der Waals surface area (Å²) in [5, 5.41) is 3.00. The summed E-state index contributed by atoms with van der Waals surface area (Å²) in [6, 6.07) is 12.5. The highest BCUT2D eigenvalue weighted by Crippen LogP contribution is 2.24. The van der Waals surface area contributed by atoms with Gasteiger partial charge in [-0.25, -0.2) is 4.39 Å². The van der Waals surface area contributed by atoms with Gasteiger partial charge in [0.25, 0.3) is 5.91 Å². The van der Waals surface area contributed by atoms with Gasteiger partial charge in [0.1, 0.15) is 11.6 Å². The third-order valence-corrected chi connectivity index (χ3v) is 2.91. The molecule has 0 heterocycles. The number of hydrogen-bond donors (Lipinski definition) is 1. The number of carbonyl (C=O) groups excluding carboxylic acids is 1. The van der Waals surface area contributed by atoms with Crippen molar-refractivity contribution in [1.82, 2.24) is 0 Å². The van der Waals surface area contributed by atoms with Gasteiger partial charge < -0.3 is 10.1 Å². The average molecular weight is 294 g/mol. The maximum absolute atomic E-state index is 13.0. The molecule has 0 saturated carbocycles. The van der Waals surface area contributed by atoms with Gasteiger partial charge in [-0.3, -0.25) is 4.79 Å². The van der Waals surface area contributed by atoms with Crippen molar-refractivity contribution >= 4 is 23.2 Å². The fourth-order valence-electron chi connectivity index (χ4n) is 1.59. The fraction of sp³-hybridized carbons (Fsp3) is 0.133. The van der Waals surface area contributed by atoms with Gasteiger partial charge in [0, 0.05) is 5.69 Å². The topological polar surface area (TPSA) is 38.3 Å². The van der Waals surface area contributed by atoms with Crippen LogP contribution >= 0.6 is 11.6 Å². The van der Waals surface area contributed by atoms with Crippen LogP contribution in [0.1, 0.15) is 6.92 Å². The number of anilines is 1. The Morgan fingerprint density at radius 3 is 2.70 bits per heavy atom. The molecule has 0 unspecified atom stereocenters. The minimum Gasteiger partial charge on any atom is -0.479 e. The van der Waals surface area contributed by atoms with E-state index < -0.39 is 11.9 Å². The van der Waals surface area contributed by atoms with Crippen LogP contribution in [-0.2, 0) is 4.79 Å². The van der Waals surface area contributed by atoms with Crippen LogP contribution in [-0.4, -0.2) is 12.0 Å². The summed E-state index contributed by atoms with van der Waals surface area (Å²) in [5.74, 6) is -0.367. The Bertz CT molecular complexity index is 618. The second kappa shape index (κ2) is 6.39. The molecule has 20 heavy (non-hydrogen) atoms. The molecule has 0 radical (unpaired) electrons. The summed E-state index contributed by atoms with van der Waals surface area (Å²) < 4.78 is 18.5. The molecule has 0 saturated heterocycles. The van der Waals surface area contributed by atoms with E-state index in [0.717, 1.165) is 0 Å². The Balaban J connectivity index is 2.01. The average Bonchev–Trinajstić information content (AvgIpc) is 2.41. The summed E-state index contributed by atoms with van der Waals surface area (Å²) in [6.45, 7) is 1.60. The van der Waals surface area contributed by atoms with E-state index in [2.05, 4.69) is 5.32 Å². The number of ether oxygens (including phenoxy) is 1. The van der Waals surface area contributed by atoms with Crippen LogP contribution in [0.4, 0.5) is 10.1 Å². The summed E-state index contributed by atoms with van der Waals surface area (Å²) in [5.41, 5.74) is 0.379. The predicted molar refractivity (Wildman–Crippen MR) is 76.6 cm³/mol. The molecular weight excluding hydrogens is 281 g/mol. The van der Waals surface area contributed by atoms with Gasteiger partial charge in [0.2, 0.25) is 0 Å². The first kappa shape index (κ1) is 14.3. The largest absolute Gasteiger partial charge is 0.479 e. The van der Waals surface area contributed by atoms with Crippen LogP contribution in [0.25, 0.3) is 0 Å². The molecule has 0 aliphatic heterocycles. The predicted octanol–water partition coefficient (Wildman–Crippen LogP) is 3.89. The maximum atomic E-state index is 13.0. The van der Waals surface area contributed by atoms with Crippen LogP contribution in [0.2, 0.25) is 5.02 Å². The molecule has 3 nitrogen and oxygen atoms in total. The molecule has 104 valence electrons. The maximum Gasteiger partial charge on any atom is 0.265 e. The minimum absolute atomic E-state index is 0.379. The molecular formula is C15H13ClFNO2. The number of carbonyl (C=O) groups is 1. The van der Waals surface area contributed by atoms with Crippen LogP contribution in [0.5, 0.6) is 5.75 Å². The van der Waals surface area contributed by atoms with Gasteiger partial charge in [-0.1, -0.05) is 29.8 Å². The zero-order valence-electron chi connectivity index (χ0n) is 10.8. The monoisotopic (exact) mass is 293 g/mol. The molecule has 1 atom stereocenters. The standard InChI is InChI=1S/C15H13ClFNO2/c1-10(20-14-8-3-2-7-13(14)16)15(19)18-12-6-4-5-11(17)9-12/h2-10H,1H3,(H,18,19)/t10-/m1/s1. The molecule has 0 aromatic heterocycles. The van der Waals surface area contributed by atoms with E-state index in [-0.39, 0.29) is 5.91 Å². The Kier molecular flexibility index (Phi) is 4.58. The lowest BCUT2D eigenvalue weighted by Crippen LogP contribution is -2.30. The second-order valence-corrected chi connectivity index (χ2v) is 4.60. The summed E-state index contributed by atoms with van der Waals surface area (Å²) in [4.78, 5) is 11.9. The van der Waals surface area contributed by atoms with Crippen LogP contribution in [0.15, 0.2) is 48.5 Å². The second-order valence-electron chi connectivity index (χ2n) is 4.19. The first-order valence-electron chi connectivity index (χ1n) is 6.04. The van der Waals surface area contributed by atoms with Gasteiger partial charge in [0.15, 0.2) is 6.10 Å². The normalized spacial score (nSPS) is 11.8. The van der Waals surface area contributed by atoms with Crippen LogP contribution in [0, 0.1) is 5.82 Å². The van der Waals surface area contributed by atoms with E-state index in [1.807, 2.05) is 0 Å². The molecule has 2 rings (SSSR count). The molecule has 1 N–H and O–H groups in total. The van der Waals surface area contributed by atoms with Gasteiger partial charge in [0.05, 0.1) is 5.02 Å². The van der Waals surface area contributed by atoms with E-state index in [1.165, 1.54) is 18.2 Å². The molecule has 2 aromatic rings. The first-order valence-corrected chi connectivity index (χ1v) is 6.41. The Morgan fingerprint density at radius 1 is 1.25 bits per heavy atom. The van der Waals surface area contributed by atoms with Crippen molar-refractivity contribution in [2.24, 2.45) is 0 Å². The Labute approximate surface area is 121 Å². The van der Waals surface area contributed by atoms with Crippen molar-refractivity contribution in [3.63, 3.8) is 0 Å². The number of amides is 1. The van der Waals surface area contributed by atoms with Gasteiger partial charge in [-0.2, -0.15) is 0 Å².